The van der Waals surface area contributed by atoms with Crippen LogP contribution in [0.3, 0.4) is 0 Å². The first-order valence-electron chi connectivity index (χ1n) is 7.30. The molecule has 1 saturated heterocycles. The van der Waals surface area contributed by atoms with E-state index in [1.807, 2.05) is 18.2 Å². The second-order valence-electron chi connectivity index (χ2n) is 5.05. The number of hydrogen-bond acceptors (Lipinski definition) is 7. The van der Waals surface area contributed by atoms with Crippen molar-refractivity contribution in [3.63, 3.8) is 0 Å². The third-order valence-electron chi connectivity index (χ3n) is 3.36. The average Bonchev–Trinajstić information content (AvgIpc) is 2.51. The Labute approximate surface area is 144 Å². The molecule has 0 aliphatic carbocycles. The Morgan fingerprint density at radius 3 is 2.79 bits per heavy atom. The number of thioether (sulfide) groups is 1. The van der Waals surface area contributed by atoms with Gasteiger partial charge in [-0.25, -0.2) is 4.98 Å². The molecular formula is C14H17N5O3S2. The molecule has 1 fully saturated rings. The van der Waals surface area contributed by atoms with Crippen LogP contribution in [-0.4, -0.2) is 47.9 Å². The zero-order chi connectivity index (χ0) is 17.0. The topological polar surface area (TPSA) is 97.3 Å². The Bertz CT molecular complexity index is 797. The predicted molar refractivity (Wildman–Crippen MR) is 91.1 cm³/mol. The summed E-state index contributed by atoms with van der Waals surface area (Å²) >= 11 is 1.36. The Morgan fingerprint density at radius 2 is 2.17 bits per heavy atom. The van der Waals surface area contributed by atoms with Gasteiger partial charge in [0, 0.05) is 31.1 Å². The van der Waals surface area contributed by atoms with Gasteiger partial charge in [-0.15, -0.1) is 0 Å². The van der Waals surface area contributed by atoms with E-state index in [1.165, 1.54) is 29.2 Å². The summed E-state index contributed by atoms with van der Waals surface area (Å²) in [5, 5.41) is 0.418. The molecule has 3 heterocycles. The summed E-state index contributed by atoms with van der Waals surface area (Å²) in [4.78, 5) is 12.7. The molecule has 3 rings (SSSR count). The molecule has 0 atom stereocenters. The molecule has 2 aromatic heterocycles. The summed E-state index contributed by atoms with van der Waals surface area (Å²) in [5.41, 5.74) is 0.886. The molecular weight excluding hydrogens is 350 g/mol. The molecule has 2 aromatic rings. The molecule has 128 valence electrons. The zero-order valence-electron chi connectivity index (χ0n) is 13.0. The maximum absolute atomic E-state index is 12.2. The lowest BCUT2D eigenvalue weighted by atomic mass is 10.3. The van der Waals surface area contributed by atoms with Gasteiger partial charge in [0.05, 0.1) is 12.8 Å². The Hall–Kier alpha value is -1.91. The summed E-state index contributed by atoms with van der Waals surface area (Å²) in [6.07, 6.45) is 2.59. The minimum atomic E-state index is -3.57. The van der Waals surface area contributed by atoms with E-state index in [4.69, 9.17) is 4.74 Å². The summed E-state index contributed by atoms with van der Waals surface area (Å²) in [5.74, 6) is 1.07. The number of ether oxygens (including phenoxy) is 1. The van der Waals surface area contributed by atoms with Gasteiger partial charge in [0.1, 0.15) is 5.82 Å². The monoisotopic (exact) mass is 367 g/mol. The number of methoxy groups -OCH3 is 1. The molecule has 8 nitrogen and oxygen atoms in total. The molecule has 1 aliphatic heterocycles. The van der Waals surface area contributed by atoms with Crippen LogP contribution in [0.25, 0.3) is 0 Å². The second-order valence-corrected chi connectivity index (χ2v) is 7.66. The normalized spacial score (nSPS) is 14.9. The van der Waals surface area contributed by atoms with Crippen molar-refractivity contribution in [2.45, 2.75) is 17.3 Å². The smallest absolute Gasteiger partial charge is 0.302 e. The van der Waals surface area contributed by atoms with E-state index >= 15 is 0 Å². The first-order chi connectivity index (χ1) is 11.6. The van der Waals surface area contributed by atoms with Gasteiger partial charge in [-0.3, -0.25) is 9.71 Å². The molecule has 10 heteroatoms. The molecule has 0 radical (unpaired) electrons. The van der Waals surface area contributed by atoms with Gasteiger partial charge >= 0.3 is 10.2 Å². The zero-order valence-corrected chi connectivity index (χ0v) is 14.7. The van der Waals surface area contributed by atoms with Crippen molar-refractivity contribution in [2.75, 3.05) is 24.9 Å². The van der Waals surface area contributed by atoms with E-state index < -0.39 is 10.2 Å². The molecule has 0 spiro atoms. The molecule has 0 unspecified atom stereocenters. The van der Waals surface area contributed by atoms with Crippen LogP contribution in [0.2, 0.25) is 0 Å². The summed E-state index contributed by atoms with van der Waals surface area (Å²) in [7, 11) is -2.09. The Balaban J connectivity index is 1.75. The first kappa shape index (κ1) is 16.9. The van der Waals surface area contributed by atoms with Gasteiger partial charge in [0.2, 0.25) is 5.88 Å². The molecule has 0 aromatic carbocycles. The van der Waals surface area contributed by atoms with E-state index in [2.05, 4.69) is 19.7 Å². The number of anilines is 1. The van der Waals surface area contributed by atoms with Crippen LogP contribution in [0.15, 0.2) is 35.6 Å². The summed E-state index contributed by atoms with van der Waals surface area (Å²) in [6.45, 7) is 1.05. The SMILES string of the molecule is COc1cc(NS(=O)(=O)N2CCC2)nc(SCc2ccccn2)n1. The molecule has 1 N–H and O–H groups in total. The highest BCUT2D eigenvalue weighted by molar-refractivity contribution is 7.98. The van der Waals surface area contributed by atoms with Crippen LogP contribution in [0, 0.1) is 0 Å². The number of nitrogens with zero attached hydrogens (tertiary/aromatic N) is 4. The van der Waals surface area contributed by atoms with Gasteiger partial charge in [-0.1, -0.05) is 17.8 Å². The molecule has 24 heavy (non-hydrogen) atoms. The lowest BCUT2D eigenvalue weighted by molar-refractivity contribution is 0.311. The van der Waals surface area contributed by atoms with Crippen LogP contribution in [0.4, 0.5) is 5.82 Å². The third-order valence-corrected chi connectivity index (χ3v) is 5.75. The fourth-order valence-electron chi connectivity index (χ4n) is 1.97. The largest absolute Gasteiger partial charge is 0.481 e. The predicted octanol–water partition coefficient (Wildman–Crippen LogP) is 1.53. The lowest BCUT2D eigenvalue weighted by Gasteiger charge is -2.29. The second kappa shape index (κ2) is 7.32. The van der Waals surface area contributed by atoms with Crippen LogP contribution in [0.5, 0.6) is 5.88 Å². The van der Waals surface area contributed by atoms with Crippen LogP contribution in [0.1, 0.15) is 12.1 Å². The first-order valence-corrected chi connectivity index (χ1v) is 9.73. The van der Waals surface area contributed by atoms with Crippen molar-refractivity contribution in [3.8, 4) is 5.88 Å². The van der Waals surface area contributed by atoms with Gasteiger partial charge in [-0.05, 0) is 18.6 Å². The number of pyridine rings is 1. The van der Waals surface area contributed by atoms with Crippen molar-refractivity contribution in [3.05, 3.63) is 36.2 Å². The molecule has 0 saturated carbocycles. The number of hydrogen-bond donors (Lipinski definition) is 1. The number of rotatable bonds is 7. The summed E-state index contributed by atoms with van der Waals surface area (Å²) < 4.78 is 33.3. The fourth-order valence-corrected chi connectivity index (χ4v) is 3.97. The minimum Gasteiger partial charge on any atom is -0.481 e. The third kappa shape index (κ3) is 4.13. The molecule has 0 bridgehead atoms. The number of aromatic nitrogens is 3. The molecule has 1 aliphatic rings. The Morgan fingerprint density at radius 1 is 1.33 bits per heavy atom. The minimum absolute atomic E-state index is 0.192. The van der Waals surface area contributed by atoms with Gasteiger partial charge in [0.25, 0.3) is 0 Å². The van der Waals surface area contributed by atoms with Crippen LogP contribution in [-0.2, 0) is 16.0 Å². The fraction of sp³-hybridized carbons (Fsp3) is 0.357. The van der Waals surface area contributed by atoms with Crippen molar-refractivity contribution in [1.29, 1.82) is 0 Å². The quantitative estimate of drug-likeness (QED) is 0.585. The van der Waals surface area contributed by atoms with Crippen LogP contribution >= 0.6 is 11.8 Å². The van der Waals surface area contributed by atoms with Gasteiger partial charge in [0.15, 0.2) is 5.16 Å². The summed E-state index contributed by atoms with van der Waals surface area (Å²) in [6, 6.07) is 7.11. The van der Waals surface area contributed by atoms with E-state index in [9.17, 15) is 8.42 Å². The van der Waals surface area contributed by atoms with E-state index in [-0.39, 0.29) is 5.82 Å². The highest BCUT2D eigenvalue weighted by Gasteiger charge is 2.28. The van der Waals surface area contributed by atoms with Crippen molar-refractivity contribution >= 4 is 27.8 Å². The Kier molecular flexibility index (Phi) is 5.17. The van der Waals surface area contributed by atoms with E-state index in [1.54, 1.807) is 6.20 Å². The maximum Gasteiger partial charge on any atom is 0.302 e. The van der Waals surface area contributed by atoms with Crippen molar-refractivity contribution in [1.82, 2.24) is 19.3 Å². The highest BCUT2D eigenvalue weighted by Crippen LogP contribution is 2.24. The number of nitrogens with one attached hydrogen (secondary N) is 1. The van der Waals surface area contributed by atoms with Gasteiger partial charge in [-0.2, -0.15) is 17.7 Å². The standard InChI is InChI=1S/C14H17N5O3S2/c1-22-13-9-12(18-24(20,21)19-7-4-8-19)16-14(17-13)23-10-11-5-2-3-6-15-11/h2-3,5-6,9H,4,7-8,10H2,1H3,(H,16,17,18). The average molecular weight is 367 g/mol. The molecule has 0 amide bonds. The van der Waals surface area contributed by atoms with Crippen molar-refractivity contribution in [2.24, 2.45) is 0 Å². The van der Waals surface area contributed by atoms with E-state index in [0.29, 0.717) is 29.9 Å². The highest BCUT2D eigenvalue weighted by atomic mass is 32.2. The van der Waals surface area contributed by atoms with E-state index in [0.717, 1.165) is 12.1 Å². The van der Waals surface area contributed by atoms with Crippen molar-refractivity contribution < 1.29 is 13.2 Å². The lowest BCUT2D eigenvalue weighted by Crippen LogP contribution is -2.45. The van der Waals surface area contributed by atoms with Gasteiger partial charge < -0.3 is 4.74 Å². The maximum atomic E-state index is 12.2. The van der Waals surface area contributed by atoms with Crippen LogP contribution < -0.4 is 9.46 Å².